The molecule has 19 heavy (non-hydrogen) atoms. The summed E-state index contributed by atoms with van der Waals surface area (Å²) in [7, 11) is 0. The van der Waals surface area contributed by atoms with Gasteiger partial charge in [-0.05, 0) is 12.1 Å². The zero-order valence-electron chi connectivity index (χ0n) is 10.6. The molecule has 1 amide bonds. The Bertz CT molecular complexity index is 394. The van der Waals surface area contributed by atoms with E-state index in [1.807, 2.05) is 0 Å². The molecule has 106 valence electrons. The van der Waals surface area contributed by atoms with E-state index in [0.29, 0.717) is 0 Å². The van der Waals surface area contributed by atoms with Crippen molar-refractivity contribution in [1.82, 2.24) is 4.90 Å². The molecule has 0 fully saturated rings. The molecular weight excluding hydrogens is 253 g/mol. The van der Waals surface area contributed by atoms with Crippen LogP contribution in [0, 0.1) is 5.82 Å². The monoisotopic (exact) mass is 271 g/mol. The lowest BCUT2D eigenvalue weighted by molar-refractivity contribution is -0.132. The summed E-state index contributed by atoms with van der Waals surface area (Å²) in [6.45, 7) is 0.0468. The van der Waals surface area contributed by atoms with Crippen LogP contribution in [0.3, 0.4) is 0 Å². The minimum Gasteiger partial charge on any atom is -0.490 e. The van der Waals surface area contributed by atoms with Crippen LogP contribution in [0.15, 0.2) is 24.3 Å². The van der Waals surface area contributed by atoms with E-state index >= 15 is 0 Å². The van der Waals surface area contributed by atoms with E-state index in [0.717, 1.165) is 0 Å². The number of carbonyl (C=O) groups excluding carboxylic acids is 1. The van der Waals surface area contributed by atoms with Crippen LogP contribution in [0.4, 0.5) is 4.39 Å². The van der Waals surface area contributed by atoms with E-state index in [1.54, 1.807) is 12.1 Å². The van der Waals surface area contributed by atoms with Crippen LogP contribution in [-0.2, 0) is 4.79 Å². The lowest BCUT2D eigenvalue weighted by atomic mass is 10.3. The Labute approximate surface area is 111 Å². The Balaban J connectivity index is 2.39. The lowest BCUT2D eigenvalue weighted by Gasteiger charge is -2.20. The summed E-state index contributed by atoms with van der Waals surface area (Å²) in [4.78, 5) is 13.1. The largest absolute Gasteiger partial charge is 0.490 e. The zero-order valence-corrected chi connectivity index (χ0v) is 10.6. The summed E-state index contributed by atoms with van der Waals surface area (Å²) in [6.07, 6.45) is 0.0638. The highest BCUT2D eigenvalue weighted by molar-refractivity contribution is 5.76. The number of benzene rings is 1. The Morgan fingerprint density at radius 3 is 2.42 bits per heavy atom. The van der Waals surface area contributed by atoms with Crippen molar-refractivity contribution in [3.63, 3.8) is 0 Å². The fourth-order valence-electron chi connectivity index (χ4n) is 1.57. The van der Waals surface area contributed by atoms with Gasteiger partial charge in [0, 0.05) is 13.1 Å². The van der Waals surface area contributed by atoms with Crippen molar-refractivity contribution < 1.29 is 24.1 Å². The van der Waals surface area contributed by atoms with Gasteiger partial charge >= 0.3 is 0 Å². The van der Waals surface area contributed by atoms with E-state index in [2.05, 4.69) is 0 Å². The number of halogens is 1. The zero-order chi connectivity index (χ0) is 14.1. The van der Waals surface area contributed by atoms with Crippen LogP contribution < -0.4 is 4.74 Å². The SMILES string of the molecule is O=C(CCOc1ccccc1F)N(CCO)CCO. The number of ether oxygens (including phenoxy) is 1. The Kier molecular flexibility index (Phi) is 6.84. The number of amides is 1. The molecule has 6 heteroatoms. The van der Waals surface area contributed by atoms with Crippen molar-refractivity contribution in [2.75, 3.05) is 32.9 Å². The molecule has 0 unspecified atom stereocenters. The topological polar surface area (TPSA) is 70.0 Å². The Morgan fingerprint density at radius 1 is 1.21 bits per heavy atom. The van der Waals surface area contributed by atoms with Gasteiger partial charge in [-0.25, -0.2) is 4.39 Å². The summed E-state index contributed by atoms with van der Waals surface area (Å²) < 4.78 is 18.4. The molecule has 1 aromatic carbocycles. The summed E-state index contributed by atoms with van der Waals surface area (Å²) in [5, 5.41) is 17.6. The number of para-hydroxylation sites is 1. The van der Waals surface area contributed by atoms with Gasteiger partial charge in [0.15, 0.2) is 11.6 Å². The van der Waals surface area contributed by atoms with Crippen molar-refractivity contribution in [3.05, 3.63) is 30.1 Å². The van der Waals surface area contributed by atoms with Gasteiger partial charge in [-0.2, -0.15) is 0 Å². The number of hydrogen-bond donors (Lipinski definition) is 2. The van der Waals surface area contributed by atoms with Gasteiger partial charge in [-0.3, -0.25) is 4.79 Å². The van der Waals surface area contributed by atoms with Crippen molar-refractivity contribution in [1.29, 1.82) is 0 Å². The smallest absolute Gasteiger partial charge is 0.226 e. The second kappa shape index (κ2) is 8.44. The highest BCUT2D eigenvalue weighted by atomic mass is 19.1. The number of carbonyl (C=O) groups is 1. The van der Waals surface area contributed by atoms with Crippen LogP contribution in [0.5, 0.6) is 5.75 Å². The molecule has 1 rings (SSSR count). The van der Waals surface area contributed by atoms with Crippen molar-refractivity contribution in [2.24, 2.45) is 0 Å². The molecule has 0 saturated carbocycles. The maximum absolute atomic E-state index is 13.2. The molecular formula is C13H18FNO4. The van der Waals surface area contributed by atoms with Gasteiger partial charge in [-0.1, -0.05) is 12.1 Å². The number of rotatable bonds is 8. The molecule has 0 aromatic heterocycles. The third-order valence-electron chi connectivity index (χ3n) is 2.50. The van der Waals surface area contributed by atoms with Crippen LogP contribution in [0.25, 0.3) is 0 Å². The summed E-state index contributed by atoms with van der Waals surface area (Å²) in [5.74, 6) is -0.622. The molecule has 0 heterocycles. The minimum absolute atomic E-state index is 0.0487. The molecule has 0 atom stereocenters. The van der Waals surface area contributed by atoms with Crippen molar-refractivity contribution in [3.8, 4) is 5.75 Å². The molecule has 2 N–H and O–H groups in total. The van der Waals surface area contributed by atoms with Gasteiger partial charge in [0.1, 0.15) is 0 Å². The van der Waals surface area contributed by atoms with Gasteiger partial charge in [0.05, 0.1) is 26.2 Å². The third kappa shape index (κ3) is 5.23. The predicted octanol–water partition coefficient (Wildman–Crippen LogP) is 0.408. The summed E-state index contributed by atoms with van der Waals surface area (Å²) in [6, 6.07) is 5.96. The number of aliphatic hydroxyl groups excluding tert-OH is 2. The molecule has 5 nitrogen and oxygen atoms in total. The predicted molar refractivity (Wildman–Crippen MR) is 67.3 cm³/mol. The first-order chi connectivity index (χ1) is 9.19. The van der Waals surface area contributed by atoms with Gasteiger partial charge < -0.3 is 19.8 Å². The first kappa shape index (κ1) is 15.4. The summed E-state index contributed by atoms with van der Waals surface area (Å²) in [5.41, 5.74) is 0. The third-order valence-corrected chi connectivity index (χ3v) is 2.50. The van der Waals surface area contributed by atoms with Crippen molar-refractivity contribution in [2.45, 2.75) is 6.42 Å². The molecule has 0 saturated heterocycles. The van der Waals surface area contributed by atoms with Crippen LogP contribution >= 0.6 is 0 Å². The van der Waals surface area contributed by atoms with Crippen molar-refractivity contribution >= 4 is 5.91 Å². The fraction of sp³-hybridized carbons (Fsp3) is 0.462. The molecule has 0 aliphatic rings. The van der Waals surface area contributed by atoms with Crippen LogP contribution in [0.2, 0.25) is 0 Å². The maximum atomic E-state index is 13.2. The summed E-state index contributed by atoms with van der Waals surface area (Å²) >= 11 is 0. The fourth-order valence-corrected chi connectivity index (χ4v) is 1.57. The van der Waals surface area contributed by atoms with E-state index in [1.165, 1.54) is 17.0 Å². The Hall–Kier alpha value is -1.66. The van der Waals surface area contributed by atoms with Gasteiger partial charge in [0.2, 0.25) is 5.91 Å². The molecule has 0 spiro atoms. The van der Waals surface area contributed by atoms with E-state index in [-0.39, 0.29) is 51.0 Å². The quantitative estimate of drug-likeness (QED) is 0.718. The van der Waals surface area contributed by atoms with E-state index < -0.39 is 5.82 Å². The minimum atomic E-state index is -0.475. The first-order valence-electron chi connectivity index (χ1n) is 6.06. The standard InChI is InChI=1S/C13H18FNO4/c14-11-3-1-2-4-12(11)19-10-5-13(18)15(6-8-16)7-9-17/h1-4,16-17H,5-10H2. The molecule has 0 bridgehead atoms. The average molecular weight is 271 g/mol. The van der Waals surface area contributed by atoms with E-state index in [9.17, 15) is 9.18 Å². The number of hydrogen-bond acceptors (Lipinski definition) is 4. The number of nitrogens with zero attached hydrogens (tertiary/aromatic N) is 1. The highest BCUT2D eigenvalue weighted by Crippen LogP contribution is 2.15. The second-order valence-electron chi connectivity index (χ2n) is 3.86. The molecule has 0 aliphatic carbocycles. The average Bonchev–Trinajstić information content (AvgIpc) is 2.40. The van der Waals surface area contributed by atoms with Crippen LogP contribution in [0.1, 0.15) is 6.42 Å². The molecule has 0 aliphatic heterocycles. The van der Waals surface area contributed by atoms with Crippen LogP contribution in [-0.4, -0.2) is 53.9 Å². The van der Waals surface area contributed by atoms with E-state index in [4.69, 9.17) is 14.9 Å². The maximum Gasteiger partial charge on any atom is 0.226 e. The molecule has 0 radical (unpaired) electrons. The first-order valence-corrected chi connectivity index (χ1v) is 6.06. The Morgan fingerprint density at radius 2 is 1.84 bits per heavy atom. The second-order valence-corrected chi connectivity index (χ2v) is 3.86. The lowest BCUT2D eigenvalue weighted by Crippen LogP contribution is -2.36. The van der Waals surface area contributed by atoms with Gasteiger partial charge in [0.25, 0.3) is 0 Å². The number of aliphatic hydroxyl groups is 2. The van der Waals surface area contributed by atoms with Gasteiger partial charge in [-0.15, -0.1) is 0 Å². The normalized spacial score (nSPS) is 10.3. The highest BCUT2D eigenvalue weighted by Gasteiger charge is 2.12. The molecule has 1 aromatic rings.